The Morgan fingerprint density at radius 2 is 1.52 bits per heavy atom. The molecule has 0 radical (unpaired) electrons. The van der Waals surface area contributed by atoms with Crippen molar-refractivity contribution in [3.05, 3.63) is 65.2 Å². The fraction of sp³-hybridized carbons (Fsp3) is 0.286. The number of anilines is 1. The maximum Gasteiger partial charge on any atom is 0.262 e. The number of carbonyl (C=O) groups is 1. The Morgan fingerprint density at radius 1 is 1.04 bits per heavy atom. The van der Waals surface area contributed by atoms with Crippen molar-refractivity contribution >= 4 is 11.6 Å². The Morgan fingerprint density at radius 3 is 1.96 bits per heavy atom. The van der Waals surface area contributed by atoms with Crippen LogP contribution in [-0.4, -0.2) is 22.7 Å². The largest absolute Gasteiger partial charge is 0.399 e. The molecule has 1 amide bonds. The van der Waals surface area contributed by atoms with Gasteiger partial charge in [-0.05, 0) is 62.7 Å². The molecule has 142 valence electrons. The molecule has 6 heteroatoms. The van der Waals surface area contributed by atoms with Gasteiger partial charge in [0.2, 0.25) is 0 Å². The predicted octanol–water partition coefficient (Wildman–Crippen LogP) is 1.93. The van der Waals surface area contributed by atoms with Crippen molar-refractivity contribution in [1.82, 2.24) is 10.8 Å². The number of hydrogen-bond donors (Lipinski definition) is 5. The van der Waals surface area contributed by atoms with E-state index < -0.39 is 17.5 Å². The molecule has 0 aliphatic carbocycles. The van der Waals surface area contributed by atoms with E-state index in [0.717, 1.165) is 16.7 Å². The summed E-state index contributed by atoms with van der Waals surface area (Å²) in [6.07, 6.45) is 0. The first-order chi connectivity index (χ1) is 12.7. The van der Waals surface area contributed by atoms with Crippen LogP contribution in [0.4, 0.5) is 5.69 Å². The van der Waals surface area contributed by atoms with E-state index in [2.05, 4.69) is 17.2 Å². The predicted molar refractivity (Wildman–Crippen MR) is 107 cm³/mol. The smallest absolute Gasteiger partial charge is 0.262 e. The van der Waals surface area contributed by atoms with Crippen molar-refractivity contribution in [3.63, 3.8) is 0 Å². The molecule has 0 heterocycles. The lowest BCUT2D eigenvalue weighted by atomic mass is 9.93. The van der Waals surface area contributed by atoms with Gasteiger partial charge in [0.25, 0.3) is 5.91 Å². The normalized spacial score (nSPS) is 13.2. The first-order valence-electron chi connectivity index (χ1n) is 8.67. The number of carbonyl (C=O) groups excluding carboxylic acids is 1. The number of benzene rings is 2. The fourth-order valence-electron chi connectivity index (χ4n) is 2.61. The minimum absolute atomic E-state index is 0.144. The summed E-state index contributed by atoms with van der Waals surface area (Å²) in [7, 11) is 0. The van der Waals surface area contributed by atoms with Crippen LogP contribution in [0.2, 0.25) is 0 Å². The zero-order valence-electron chi connectivity index (χ0n) is 15.8. The van der Waals surface area contributed by atoms with Crippen LogP contribution >= 0.6 is 0 Å². The highest BCUT2D eigenvalue weighted by molar-refractivity contribution is 5.82. The molecule has 27 heavy (non-hydrogen) atoms. The van der Waals surface area contributed by atoms with Gasteiger partial charge in [0.1, 0.15) is 6.04 Å². The molecule has 2 aromatic rings. The van der Waals surface area contributed by atoms with Crippen LogP contribution in [0.25, 0.3) is 0 Å². The third-order valence-electron chi connectivity index (χ3n) is 4.21. The average molecular weight is 366 g/mol. The van der Waals surface area contributed by atoms with Crippen LogP contribution in [0.3, 0.4) is 0 Å². The maximum atomic E-state index is 11.9. The zero-order valence-corrected chi connectivity index (χ0v) is 15.8. The summed E-state index contributed by atoms with van der Waals surface area (Å²) in [6, 6.07) is 14.2. The third-order valence-corrected chi connectivity index (χ3v) is 4.21. The molecule has 7 N–H and O–H groups in total. The number of hydrogen-bond acceptors (Lipinski definition) is 5. The van der Waals surface area contributed by atoms with Crippen molar-refractivity contribution in [3.8, 4) is 11.8 Å². The van der Waals surface area contributed by atoms with Gasteiger partial charge in [0, 0.05) is 28.4 Å². The molecule has 0 spiro atoms. The summed E-state index contributed by atoms with van der Waals surface area (Å²) >= 11 is 0. The Bertz CT molecular complexity index is 828. The van der Waals surface area contributed by atoms with Gasteiger partial charge in [-0.1, -0.05) is 24.0 Å². The molecule has 0 aliphatic rings. The van der Waals surface area contributed by atoms with E-state index in [9.17, 15) is 4.79 Å². The fourth-order valence-corrected chi connectivity index (χ4v) is 2.61. The van der Waals surface area contributed by atoms with Gasteiger partial charge in [0.15, 0.2) is 0 Å². The van der Waals surface area contributed by atoms with Crippen LogP contribution in [0.5, 0.6) is 0 Å². The van der Waals surface area contributed by atoms with Crippen molar-refractivity contribution < 1.29 is 10.0 Å². The molecule has 0 aromatic heterocycles. The lowest BCUT2D eigenvalue weighted by Gasteiger charge is -2.32. The SMILES string of the molecule is CC(N[C@H](C(=O)NO)C(C)(C)N)c1ccc(C#Cc2ccc(N)cc2)cc1. The number of rotatable bonds is 5. The average Bonchev–Trinajstić information content (AvgIpc) is 2.64. The van der Waals surface area contributed by atoms with Crippen LogP contribution in [0, 0.1) is 11.8 Å². The highest BCUT2D eigenvalue weighted by atomic mass is 16.5. The number of nitrogens with one attached hydrogen (secondary N) is 2. The molecule has 2 aromatic carbocycles. The lowest BCUT2D eigenvalue weighted by Crippen LogP contribution is -2.60. The van der Waals surface area contributed by atoms with Crippen molar-refractivity contribution in [2.75, 3.05) is 5.73 Å². The lowest BCUT2D eigenvalue weighted by molar-refractivity contribution is -0.133. The van der Waals surface area contributed by atoms with E-state index in [1.807, 2.05) is 55.5 Å². The van der Waals surface area contributed by atoms with Crippen LogP contribution < -0.4 is 22.3 Å². The van der Waals surface area contributed by atoms with Crippen molar-refractivity contribution in [1.29, 1.82) is 0 Å². The van der Waals surface area contributed by atoms with Crippen molar-refractivity contribution in [2.45, 2.75) is 38.4 Å². The molecule has 1 unspecified atom stereocenters. The highest BCUT2D eigenvalue weighted by Crippen LogP contribution is 2.17. The summed E-state index contributed by atoms with van der Waals surface area (Å²) in [5.41, 5.74) is 16.0. The summed E-state index contributed by atoms with van der Waals surface area (Å²) in [5.74, 6) is 5.63. The van der Waals surface area contributed by atoms with Crippen LogP contribution in [-0.2, 0) is 4.79 Å². The van der Waals surface area contributed by atoms with Gasteiger partial charge in [-0.2, -0.15) is 0 Å². The summed E-state index contributed by atoms with van der Waals surface area (Å²) in [5, 5.41) is 12.1. The Labute approximate surface area is 159 Å². The first-order valence-corrected chi connectivity index (χ1v) is 8.67. The number of nitrogens with two attached hydrogens (primary N) is 2. The second-order valence-corrected chi connectivity index (χ2v) is 7.11. The molecule has 0 bridgehead atoms. The first kappa shape index (κ1) is 20.5. The van der Waals surface area contributed by atoms with E-state index >= 15 is 0 Å². The zero-order chi connectivity index (χ0) is 20.0. The molecule has 0 saturated carbocycles. The number of hydroxylamine groups is 1. The second kappa shape index (κ2) is 8.69. The van der Waals surface area contributed by atoms with Gasteiger partial charge < -0.3 is 11.5 Å². The minimum atomic E-state index is -0.842. The van der Waals surface area contributed by atoms with Gasteiger partial charge >= 0.3 is 0 Å². The molecule has 2 rings (SSSR count). The molecular weight excluding hydrogens is 340 g/mol. The molecule has 0 fully saturated rings. The van der Waals surface area contributed by atoms with E-state index in [1.54, 1.807) is 19.3 Å². The Kier molecular flexibility index (Phi) is 6.59. The minimum Gasteiger partial charge on any atom is -0.399 e. The Hall–Kier alpha value is -2.85. The standard InChI is InChI=1S/C21H26N4O2/c1-14(24-19(20(26)25-27)21(2,3)23)17-10-6-15(7-11-17)4-5-16-8-12-18(22)13-9-16/h6-14,19,24,27H,22-23H2,1-3H3,(H,25,26)/t14?,19-/m1/s1. The summed E-state index contributed by atoms with van der Waals surface area (Å²) < 4.78 is 0. The summed E-state index contributed by atoms with van der Waals surface area (Å²) in [6.45, 7) is 5.38. The Balaban J connectivity index is 2.10. The van der Waals surface area contributed by atoms with Gasteiger partial charge in [-0.25, -0.2) is 5.48 Å². The van der Waals surface area contributed by atoms with Gasteiger partial charge in [-0.15, -0.1) is 0 Å². The van der Waals surface area contributed by atoms with E-state index in [1.165, 1.54) is 0 Å². The maximum absolute atomic E-state index is 11.9. The monoisotopic (exact) mass is 366 g/mol. The highest BCUT2D eigenvalue weighted by Gasteiger charge is 2.32. The van der Waals surface area contributed by atoms with Gasteiger partial charge in [0.05, 0.1) is 0 Å². The van der Waals surface area contributed by atoms with E-state index in [-0.39, 0.29) is 6.04 Å². The topological polar surface area (TPSA) is 113 Å². The quantitative estimate of drug-likeness (QED) is 0.240. The third kappa shape index (κ3) is 5.83. The summed E-state index contributed by atoms with van der Waals surface area (Å²) in [4.78, 5) is 11.9. The molecular formula is C21H26N4O2. The van der Waals surface area contributed by atoms with Gasteiger partial charge in [-0.3, -0.25) is 15.3 Å². The van der Waals surface area contributed by atoms with Crippen molar-refractivity contribution in [2.24, 2.45) is 5.73 Å². The number of amides is 1. The second-order valence-electron chi connectivity index (χ2n) is 7.11. The molecule has 2 atom stereocenters. The van der Waals surface area contributed by atoms with E-state index in [0.29, 0.717) is 5.69 Å². The van der Waals surface area contributed by atoms with E-state index in [4.69, 9.17) is 16.7 Å². The van der Waals surface area contributed by atoms with Crippen LogP contribution in [0.15, 0.2) is 48.5 Å². The molecule has 0 saturated heterocycles. The van der Waals surface area contributed by atoms with Crippen LogP contribution in [0.1, 0.15) is 43.5 Å². The molecule has 6 nitrogen and oxygen atoms in total. The number of nitrogen functional groups attached to an aromatic ring is 1. The molecule has 0 aliphatic heterocycles.